The van der Waals surface area contributed by atoms with Crippen molar-refractivity contribution in [3.05, 3.63) is 34.2 Å². The summed E-state index contributed by atoms with van der Waals surface area (Å²) in [6, 6.07) is 1.58. The number of aliphatic carboxylic acids is 1. The van der Waals surface area contributed by atoms with Crippen LogP contribution in [0.15, 0.2) is 23.1 Å². The highest BCUT2D eigenvalue weighted by molar-refractivity contribution is 5.96. The van der Waals surface area contributed by atoms with E-state index in [2.05, 4.69) is 10.3 Å². The first-order valence-electron chi connectivity index (χ1n) is 4.77. The van der Waals surface area contributed by atoms with Gasteiger partial charge in [0.1, 0.15) is 6.04 Å². The molecule has 1 atom stereocenters. The molecule has 0 aliphatic heterocycles. The number of hydrogen-bond acceptors (Lipinski definition) is 3. The van der Waals surface area contributed by atoms with Crippen molar-refractivity contribution in [2.75, 3.05) is 0 Å². The van der Waals surface area contributed by atoms with Gasteiger partial charge in [-0.05, 0) is 12.5 Å². The Bertz CT molecular complexity index is 452. The van der Waals surface area contributed by atoms with Crippen LogP contribution >= 0.6 is 0 Å². The van der Waals surface area contributed by atoms with E-state index in [1.165, 1.54) is 12.3 Å². The summed E-state index contributed by atoms with van der Waals surface area (Å²) in [6.07, 6.45) is 1.61. The summed E-state index contributed by atoms with van der Waals surface area (Å²) in [6.45, 7) is 1.65. The highest BCUT2D eigenvalue weighted by Crippen LogP contribution is 1.97. The number of aromatic nitrogens is 1. The van der Waals surface area contributed by atoms with Crippen molar-refractivity contribution in [3.63, 3.8) is 0 Å². The van der Waals surface area contributed by atoms with E-state index >= 15 is 0 Å². The molecule has 0 aliphatic carbocycles. The number of pyridine rings is 1. The van der Waals surface area contributed by atoms with E-state index < -0.39 is 23.5 Å². The van der Waals surface area contributed by atoms with Gasteiger partial charge in [-0.15, -0.1) is 0 Å². The zero-order chi connectivity index (χ0) is 12.1. The lowest BCUT2D eigenvalue weighted by Crippen LogP contribution is -2.40. The summed E-state index contributed by atoms with van der Waals surface area (Å²) in [7, 11) is 0. The summed E-state index contributed by atoms with van der Waals surface area (Å²) in [5.74, 6) is -1.67. The van der Waals surface area contributed by atoms with Gasteiger partial charge < -0.3 is 15.4 Å². The van der Waals surface area contributed by atoms with Crippen molar-refractivity contribution in [2.24, 2.45) is 0 Å². The second-order valence-corrected chi connectivity index (χ2v) is 3.21. The molecule has 1 aromatic heterocycles. The molecule has 1 aromatic rings. The molecule has 1 amide bonds. The molecule has 0 bridgehead atoms. The SMILES string of the molecule is CC[C@@H](NC(=O)c1cc[nH]c(=O)c1)C(=O)O. The van der Waals surface area contributed by atoms with Crippen LogP contribution in [0.2, 0.25) is 0 Å². The van der Waals surface area contributed by atoms with Gasteiger partial charge in [0.25, 0.3) is 5.91 Å². The summed E-state index contributed by atoms with van der Waals surface area (Å²) < 4.78 is 0. The van der Waals surface area contributed by atoms with Crippen LogP contribution < -0.4 is 10.9 Å². The minimum absolute atomic E-state index is 0.142. The van der Waals surface area contributed by atoms with Crippen LogP contribution in [0.1, 0.15) is 23.7 Å². The molecular formula is C10H12N2O4. The minimum Gasteiger partial charge on any atom is -0.480 e. The molecule has 6 heteroatoms. The lowest BCUT2D eigenvalue weighted by Gasteiger charge is -2.11. The van der Waals surface area contributed by atoms with Crippen molar-refractivity contribution in [3.8, 4) is 0 Å². The van der Waals surface area contributed by atoms with Crippen LogP contribution in [0.25, 0.3) is 0 Å². The molecule has 0 fully saturated rings. The highest BCUT2D eigenvalue weighted by atomic mass is 16.4. The van der Waals surface area contributed by atoms with Crippen molar-refractivity contribution < 1.29 is 14.7 Å². The molecule has 0 spiro atoms. The molecule has 1 rings (SSSR count). The van der Waals surface area contributed by atoms with Gasteiger partial charge >= 0.3 is 5.97 Å². The molecule has 3 N–H and O–H groups in total. The first-order valence-corrected chi connectivity index (χ1v) is 4.77. The number of nitrogens with one attached hydrogen (secondary N) is 2. The van der Waals surface area contributed by atoms with Gasteiger partial charge in [0.2, 0.25) is 5.56 Å². The number of carboxylic acid groups (broad SMARTS) is 1. The first kappa shape index (κ1) is 12.0. The fourth-order valence-electron chi connectivity index (χ4n) is 1.17. The Morgan fingerprint density at radius 3 is 2.75 bits per heavy atom. The number of H-pyrrole nitrogens is 1. The van der Waals surface area contributed by atoms with Crippen LogP contribution in [0, 0.1) is 0 Å². The third-order valence-corrected chi connectivity index (χ3v) is 2.05. The van der Waals surface area contributed by atoms with Crippen LogP contribution in [0.3, 0.4) is 0 Å². The number of carbonyl (C=O) groups is 2. The fraction of sp³-hybridized carbons (Fsp3) is 0.300. The molecular weight excluding hydrogens is 212 g/mol. The van der Waals surface area contributed by atoms with Gasteiger partial charge in [-0.3, -0.25) is 9.59 Å². The van der Waals surface area contributed by atoms with E-state index in [4.69, 9.17) is 5.11 Å². The van der Waals surface area contributed by atoms with E-state index in [0.717, 1.165) is 6.07 Å². The molecule has 0 saturated carbocycles. The van der Waals surface area contributed by atoms with Crippen LogP contribution in [0.4, 0.5) is 0 Å². The number of rotatable bonds is 4. The molecule has 16 heavy (non-hydrogen) atoms. The largest absolute Gasteiger partial charge is 0.480 e. The zero-order valence-electron chi connectivity index (χ0n) is 8.69. The van der Waals surface area contributed by atoms with E-state index in [1.807, 2.05) is 0 Å². The van der Waals surface area contributed by atoms with Gasteiger partial charge in [-0.25, -0.2) is 4.79 Å². The van der Waals surface area contributed by atoms with Crippen LogP contribution in [-0.4, -0.2) is 28.0 Å². The summed E-state index contributed by atoms with van der Waals surface area (Å²) >= 11 is 0. The number of carbonyl (C=O) groups excluding carboxylic acids is 1. The number of aromatic amines is 1. The standard InChI is InChI=1S/C10H12N2O4/c1-2-7(10(15)16)12-9(14)6-3-4-11-8(13)5-6/h3-5,7H,2H2,1H3,(H,11,13)(H,12,14)(H,15,16)/t7-/m1/s1. The van der Waals surface area contributed by atoms with Gasteiger partial charge in [0.15, 0.2) is 0 Å². The van der Waals surface area contributed by atoms with Gasteiger partial charge in [0, 0.05) is 17.8 Å². The maximum absolute atomic E-state index is 11.5. The summed E-state index contributed by atoms with van der Waals surface area (Å²) in [5, 5.41) is 11.1. The molecule has 6 nitrogen and oxygen atoms in total. The molecule has 1 heterocycles. The van der Waals surface area contributed by atoms with E-state index in [0.29, 0.717) is 0 Å². The van der Waals surface area contributed by atoms with E-state index in [9.17, 15) is 14.4 Å². The molecule has 0 unspecified atom stereocenters. The van der Waals surface area contributed by atoms with E-state index in [-0.39, 0.29) is 12.0 Å². The average Bonchev–Trinajstić information content (AvgIpc) is 2.25. The van der Waals surface area contributed by atoms with Gasteiger partial charge in [0.05, 0.1) is 0 Å². The molecule has 0 aliphatic rings. The highest BCUT2D eigenvalue weighted by Gasteiger charge is 2.18. The summed E-state index contributed by atoms with van der Waals surface area (Å²) in [5.41, 5.74) is -0.264. The zero-order valence-corrected chi connectivity index (χ0v) is 8.69. The van der Waals surface area contributed by atoms with Gasteiger partial charge in [-0.1, -0.05) is 6.92 Å². The Balaban J connectivity index is 2.79. The second-order valence-electron chi connectivity index (χ2n) is 3.21. The lowest BCUT2D eigenvalue weighted by molar-refractivity contribution is -0.139. The predicted molar refractivity (Wildman–Crippen MR) is 56.2 cm³/mol. The monoisotopic (exact) mass is 224 g/mol. The van der Waals surface area contributed by atoms with Crippen molar-refractivity contribution in [2.45, 2.75) is 19.4 Å². The third-order valence-electron chi connectivity index (χ3n) is 2.05. The van der Waals surface area contributed by atoms with Crippen LogP contribution in [-0.2, 0) is 4.79 Å². The maximum atomic E-state index is 11.5. The van der Waals surface area contributed by atoms with Crippen molar-refractivity contribution in [1.82, 2.24) is 10.3 Å². The Morgan fingerprint density at radius 1 is 1.56 bits per heavy atom. The molecule has 0 aromatic carbocycles. The lowest BCUT2D eigenvalue weighted by atomic mass is 10.2. The quantitative estimate of drug-likeness (QED) is 0.668. The number of carboxylic acids is 1. The predicted octanol–water partition coefficient (Wildman–Crippen LogP) is -0.0321. The molecule has 0 saturated heterocycles. The Kier molecular flexibility index (Phi) is 3.82. The Labute approximate surface area is 91.3 Å². The Morgan fingerprint density at radius 2 is 2.25 bits per heavy atom. The fourth-order valence-corrected chi connectivity index (χ4v) is 1.17. The van der Waals surface area contributed by atoms with Crippen molar-refractivity contribution in [1.29, 1.82) is 0 Å². The average molecular weight is 224 g/mol. The topological polar surface area (TPSA) is 99.3 Å². The Hall–Kier alpha value is -2.11. The molecule has 0 radical (unpaired) electrons. The van der Waals surface area contributed by atoms with Gasteiger partial charge in [-0.2, -0.15) is 0 Å². The van der Waals surface area contributed by atoms with Crippen LogP contribution in [0.5, 0.6) is 0 Å². The third kappa shape index (κ3) is 2.94. The first-order chi connectivity index (χ1) is 7.54. The van der Waals surface area contributed by atoms with Crippen molar-refractivity contribution >= 4 is 11.9 Å². The minimum atomic E-state index is -1.10. The normalized spacial score (nSPS) is 11.8. The molecule has 86 valence electrons. The second kappa shape index (κ2) is 5.11. The van der Waals surface area contributed by atoms with E-state index in [1.54, 1.807) is 6.92 Å². The smallest absolute Gasteiger partial charge is 0.326 e. The number of hydrogen-bond donors (Lipinski definition) is 3. The summed E-state index contributed by atoms with van der Waals surface area (Å²) in [4.78, 5) is 35.5. The number of amides is 1. The maximum Gasteiger partial charge on any atom is 0.326 e.